The normalized spacial score (nSPS) is 13.8. The third-order valence-electron chi connectivity index (χ3n) is 4.82. The maximum atomic E-state index is 12.3. The number of piperazine rings is 1. The summed E-state index contributed by atoms with van der Waals surface area (Å²) in [6, 6.07) is 15.8. The first-order chi connectivity index (χ1) is 15.3. The molecule has 1 aliphatic rings. The van der Waals surface area contributed by atoms with Crippen molar-refractivity contribution < 1.29 is 4.79 Å². The van der Waals surface area contributed by atoms with E-state index in [-0.39, 0.29) is 5.91 Å². The summed E-state index contributed by atoms with van der Waals surface area (Å²) in [5.41, 5.74) is 7.13. The summed E-state index contributed by atoms with van der Waals surface area (Å²) < 4.78 is 0. The van der Waals surface area contributed by atoms with Gasteiger partial charge in [-0.3, -0.25) is 4.79 Å². The molecule has 1 aromatic heterocycles. The highest BCUT2D eigenvalue weighted by Crippen LogP contribution is 2.25. The van der Waals surface area contributed by atoms with Gasteiger partial charge in [0.05, 0.1) is 10.6 Å². The molecular formula is C23H24Cl3N5O. The van der Waals surface area contributed by atoms with Gasteiger partial charge in [0.25, 0.3) is 5.91 Å². The van der Waals surface area contributed by atoms with Crippen molar-refractivity contribution in [3.05, 3.63) is 81.4 Å². The summed E-state index contributed by atoms with van der Waals surface area (Å²) in [6.45, 7) is 3.68. The Morgan fingerprint density at radius 3 is 2.19 bits per heavy atom. The zero-order valence-corrected chi connectivity index (χ0v) is 19.8. The lowest BCUT2D eigenvalue weighted by molar-refractivity contribution is 0.102. The van der Waals surface area contributed by atoms with Crippen LogP contribution in [0.4, 0.5) is 17.2 Å². The van der Waals surface area contributed by atoms with Crippen LogP contribution in [0.2, 0.25) is 15.1 Å². The second-order valence-corrected chi connectivity index (χ2v) is 8.62. The van der Waals surface area contributed by atoms with Crippen molar-refractivity contribution in [2.24, 2.45) is 0 Å². The number of rotatable bonds is 3. The predicted molar refractivity (Wildman–Crippen MR) is 134 cm³/mol. The van der Waals surface area contributed by atoms with Crippen molar-refractivity contribution in [1.29, 1.82) is 0 Å². The first-order valence-corrected chi connectivity index (χ1v) is 11.1. The fraction of sp³-hybridized carbons (Fsp3) is 0.217. The number of halogens is 3. The Morgan fingerprint density at radius 1 is 0.969 bits per heavy atom. The third kappa shape index (κ3) is 7.00. The number of aromatic nitrogens is 1. The molecule has 0 atom stereocenters. The summed E-state index contributed by atoms with van der Waals surface area (Å²) in [6.07, 6.45) is 1.55. The van der Waals surface area contributed by atoms with E-state index in [9.17, 15) is 4.79 Å². The molecule has 1 aliphatic heterocycles. The van der Waals surface area contributed by atoms with Crippen LogP contribution in [0.15, 0.2) is 60.8 Å². The number of nitrogens with zero attached hydrogens (tertiary/aromatic N) is 3. The molecule has 1 amide bonds. The Kier molecular flexibility index (Phi) is 8.59. The van der Waals surface area contributed by atoms with Crippen LogP contribution in [0.1, 0.15) is 10.4 Å². The minimum absolute atomic E-state index is 0.267. The summed E-state index contributed by atoms with van der Waals surface area (Å²) in [4.78, 5) is 21.1. The lowest BCUT2D eigenvalue weighted by atomic mass is 10.2. The van der Waals surface area contributed by atoms with Crippen LogP contribution in [0.25, 0.3) is 0 Å². The molecule has 0 spiro atoms. The standard InChI is InChI=1S/C17H18Cl2N4O.C6H6ClN/c1-22-5-7-23(8-6-22)16-15(19)9-12(11-20-16)17(24)21-14-4-2-3-13(18)10-14;7-5-2-1-3-6(8)4-5/h2-4,9-11H,5-8H2,1H3,(H,21,24);1-4H,8H2. The smallest absolute Gasteiger partial charge is 0.257 e. The third-order valence-corrected chi connectivity index (χ3v) is 5.57. The largest absolute Gasteiger partial charge is 0.399 e. The molecule has 3 N–H and O–H groups in total. The van der Waals surface area contributed by atoms with Crippen LogP contribution in [0, 0.1) is 0 Å². The number of likely N-dealkylation sites (N-methyl/N-ethyl adjacent to an activating group) is 1. The summed E-state index contributed by atoms with van der Waals surface area (Å²) in [7, 11) is 2.09. The molecule has 32 heavy (non-hydrogen) atoms. The van der Waals surface area contributed by atoms with Gasteiger partial charge in [-0.05, 0) is 49.5 Å². The molecule has 4 rings (SSSR count). The topological polar surface area (TPSA) is 74.5 Å². The minimum atomic E-state index is -0.267. The number of carbonyl (C=O) groups is 1. The van der Waals surface area contributed by atoms with Crippen molar-refractivity contribution in [3.63, 3.8) is 0 Å². The Balaban J connectivity index is 0.000000305. The van der Waals surface area contributed by atoms with Crippen LogP contribution < -0.4 is 16.0 Å². The number of nitrogen functional groups attached to an aromatic ring is 1. The maximum Gasteiger partial charge on any atom is 0.257 e. The first kappa shape index (κ1) is 24.1. The fourth-order valence-electron chi connectivity index (χ4n) is 3.08. The molecule has 168 valence electrons. The predicted octanol–water partition coefficient (Wildman–Crippen LogP) is 5.31. The highest BCUT2D eigenvalue weighted by Gasteiger charge is 2.19. The quantitative estimate of drug-likeness (QED) is 0.484. The van der Waals surface area contributed by atoms with Gasteiger partial charge < -0.3 is 20.9 Å². The fourth-order valence-corrected chi connectivity index (χ4v) is 3.76. The Morgan fingerprint density at radius 2 is 1.62 bits per heavy atom. The number of anilines is 3. The van der Waals surface area contributed by atoms with Gasteiger partial charge in [-0.2, -0.15) is 0 Å². The molecule has 3 aromatic rings. The second-order valence-electron chi connectivity index (χ2n) is 7.34. The zero-order valence-electron chi connectivity index (χ0n) is 17.6. The number of nitrogens with two attached hydrogens (primary N) is 1. The molecule has 0 bridgehead atoms. The van der Waals surface area contributed by atoms with E-state index in [1.165, 1.54) is 0 Å². The van der Waals surface area contributed by atoms with Gasteiger partial charge in [0, 0.05) is 53.8 Å². The Bertz CT molecular complexity index is 1050. The van der Waals surface area contributed by atoms with Gasteiger partial charge in [-0.1, -0.05) is 46.9 Å². The van der Waals surface area contributed by atoms with E-state index in [2.05, 4.69) is 27.1 Å². The number of benzene rings is 2. The molecule has 9 heteroatoms. The molecule has 1 saturated heterocycles. The van der Waals surface area contributed by atoms with Crippen LogP contribution in [0.5, 0.6) is 0 Å². The number of carbonyl (C=O) groups excluding carboxylic acids is 1. The van der Waals surface area contributed by atoms with Crippen molar-refractivity contribution in [2.45, 2.75) is 0 Å². The van der Waals surface area contributed by atoms with Crippen LogP contribution in [-0.2, 0) is 0 Å². The Hall–Kier alpha value is -2.51. The van der Waals surface area contributed by atoms with Gasteiger partial charge in [-0.25, -0.2) is 4.98 Å². The molecule has 0 saturated carbocycles. The van der Waals surface area contributed by atoms with Crippen molar-refractivity contribution >= 4 is 57.9 Å². The van der Waals surface area contributed by atoms with E-state index < -0.39 is 0 Å². The zero-order chi connectivity index (χ0) is 23.1. The molecule has 2 aromatic carbocycles. The van der Waals surface area contributed by atoms with Crippen molar-refractivity contribution in [1.82, 2.24) is 9.88 Å². The van der Waals surface area contributed by atoms with E-state index in [0.717, 1.165) is 32.0 Å². The molecular weight excluding hydrogens is 469 g/mol. The monoisotopic (exact) mass is 491 g/mol. The van der Waals surface area contributed by atoms with Crippen LogP contribution in [-0.4, -0.2) is 49.0 Å². The molecule has 0 radical (unpaired) electrons. The minimum Gasteiger partial charge on any atom is -0.399 e. The van der Waals surface area contributed by atoms with Gasteiger partial charge >= 0.3 is 0 Å². The van der Waals surface area contributed by atoms with Gasteiger partial charge in [0.15, 0.2) is 0 Å². The molecule has 6 nitrogen and oxygen atoms in total. The SMILES string of the molecule is CN1CCN(c2ncc(C(=O)Nc3cccc(Cl)c3)cc2Cl)CC1.Nc1cccc(Cl)c1. The molecule has 0 unspecified atom stereocenters. The van der Waals surface area contributed by atoms with Crippen LogP contribution in [0.3, 0.4) is 0 Å². The van der Waals surface area contributed by atoms with Gasteiger partial charge in [0.2, 0.25) is 0 Å². The summed E-state index contributed by atoms with van der Waals surface area (Å²) in [5.74, 6) is 0.459. The van der Waals surface area contributed by atoms with E-state index in [4.69, 9.17) is 40.5 Å². The number of amides is 1. The average molecular weight is 493 g/mol. The number of nitrogens with one attached hydrogen (secondary N) is 1. The number of hydrogen-bond donors (Lipinski definition) is 2. The van der Waals surface area contributed by atoms with Crippen LogP contribution >= 0.6 is 34.8 Å². The summed E-state index contributed by atoms with van der Waals surface area (Å²) in [5, 5.41) is 4.52. The van der Waals surface area contributed by atoms with E-state index in [0.29, 0.717) is 32.0 Å². The highest BCUT2D eigenvalue weighted by atomic mass is 35.5. The average Bonchev–Trinajstić information content (AvgIpc) is 2.75. The van der Waals surface area contributed by atoms with Gasteiger partial charge in [-0.15, -0.1) is 0 Å². The van der Waals surface area contributed by atoms with Gasteiger partial charge in [0.1, 0.15) is 5.82 Å². The Labute approximate surface area is 202 Å². The molecule has 1 fully saturated rings. The highest BCUT2D eigenvalue weighted by molar-refractivity contribution is 6.33. The lowest BCUT2D eigenvalue weighted by Gasteiger charge is -2.33. The van der Waals surface area contributed by atoms with E-state index in [1.54, 1.807) is 54.7 Å². The number of hydrogen-bond acceptors (Lipinski definition) is 5. The van der Waals surface area contributed by atoms with Crippen molar-refractivity contribution in [2.75, 3.05) is 49.2 Å². The van der Waals surface area contributed by atoms with E-state index in [1.807, 2.05) is 6.07 Å². The number of pyridine rings is 1. The second kappa shape index (κ2) is 11.4. The summed E-state index contributed by atoms with van der Waals surface area (Å²) >= 11 is 17.8. The lowest BCUT2D eigenvalue weighted by Crippen LogP contribution is -2.45. The first-order valence-electron chi connectivity index (χ1n) is 9.99. The van der Waals surface area contributed by atoms with Crippen molar-refractivity contribution in [3.8, 4) is 0 Å². The molecule has 2 heterocycles. The maximum absolute atomic E-state index is 12.3. The van der Waals surface area contributed by atoms with E-state index >= 15 is 0 Å². The molecule has 0 aliphatic carbocycles.